The SMILES string of the molecule is COc1ccc(CCNC(=O)[C@@H](C)c2ccc(CC(C)C)cc2)cc1OC. The molecule has 27 heavy (non-hydrogen) atoms. The molecular formula is C23H31NO3. The summed E-state index contributed by atoms with van der Waals surface area (Å²) in [7, 11) is 3.24. The molecule has 4 heteroatoms. The molecule has 1 N–H and O–H groups in total. The second-order valence-electron chi connectivity index (χ2n) is 7.29. The van der Waals surface area contributed by atoms with Gasteiger partial charge in [-0.1, -0.05) is 44.2 Å². The summed E-state index contributed by atoms with van der Waals surface area (Å²) in [5.41, 5.74) is 3.46. The van der Waals surface area contributed by atoms with E-state index in [2.05, 4.69) is 43.4 Å². The Morgan fingerprint density at radius 3 is 2.15 bits per heavy atom. The number of amides is 1. The Bertz CT molecular complexity index is 738. The van der Waals surface area contributed by atoms with Gasteiger partial charge in [-0.15, -0.1) is 0 Å². The highest BCUT2D eigenvalue weighted by Gasteiger charge is 2.15. The summed E-state index contributed by atoms with van der Waals surface area (Å²) in [6.45, 7) is 6.96. The molecule has 4 nitrogen and oxygen atoms in total. The van der Waals surface area contributed by atoms with Gasteiger partial charge in [-0.2, -0.15) is 0 Å². The molecule has 0 bridgehead atoms. The first-order valence-electron chi connectivity index (χ1n) is 9.52. The maximum Gasteiger partial charge on any atom is 0.227 e. The number of nitrogens with one attached hydrogen (secondary N) is 1. The standard InChI is InChI=1S/C23H31NO3/c1-16(2)14-18-6-9-20(10-7-18)17(3)23(25)24-13-12-19-8-11-21(26-4)22(15-19)27-5/h6-11,15-17H,12-14H2,1-5H3,(H,24,25)/t17-/m0/s1. The quantitative estimate of drug-likeness (QED) is 0.714. The molecular weight excluding hydrogens is 338 g/mol. The zero-order chi connectivity index (χ0) is 19.8. The Morgan fingerprint density at radius 1 is 0.926 bits per heavy atom. The number of rotatable bonds is 9. The van der Waals surface area contributed by atoms with Crippen molar-refractivity contribution in [2.45, 2.75) is 39.5 Å². The maximum absolute atomic E-state index is 12.5. The molecule has 0 aliphatic rings. The molecule has 2 rings (SSSR count). The van der Waals surface area contributed by atoms with Crippen molar-refractivity contribution in [1.82, 2.24) is 5.32 Å². The van der Waals surface area contributed by atoms with Gasteiger partial charge in [-0.25, -0.2) is 0 Å². The van der Waals surface area contributed by atoms with Gasteiger partial charge in [0.2, 0.25) is 5.91 Å². The van der Waals surface area contributed by atoms with Crippen molar-refractivity contribution < 1.29 is 14.3 Å². The summed E-state index contributed by atoms with van der Waals surface area (Å²) in [4.78, 5) is 12.5. The normalized spacial score (nSPS) is 11.9. The molecule has 1 amide bonds. The first kappa shape index (κ1) is 20.8. The fourth-order valence-electron chi connectivity index (χ4n) is 3.08. The number of hydrogen-bond donors (Lipinski definition) is 1. The van der Waals surface area contributed by atoms with Crippen LogP contribution in [-0.4, -0.2) is 26.7 Å². The van der Waals surface area contributed by atoms with E-state index >= 15 is 0 Å². The van der Waals surface area contributed by atoms with Crippen LogP contribution in [0.3, 0.4) is 0 Å². The second kappa shape index (κ2) is 10.0. The van der Waals surface area contributed by atoms with Crippen LogP contribution in [0.2, 0.25) is 0 Å². The first-order valence-corrected chi connectivity index (χ1v) is 9.52. The number of methoxy groups -OCH3 is 2. The smallest absolute Gasteiger partial charge is 0.227 e. The van der Waals surface area contributed by atoms with E-state index in [4.69, 9.17) is 9.47 Å². The van der Waals surface area contributed by atoms with E-state index < -0.39 is 0 Å². The van der Waals surface area contributed by atoms with Crippen molar-refractivity contribution in [3.05, 3.63) is 59.2 Å². The van der Waals surface area contributed by atoms with Crippen molar-refractivity contribution in [3.63, 3.8) is 0 Å². The van der Waals surface area contributed by atoms with Crippen LogP contribution in [0.4, 0.5) is 0 Å². The van der Waals surface area contributed by atoms with Gasteiger partial charge in [0, 0.05) is 6.54 Å². The van der Waals surface area contributed by atoms with Gasteiger partial charge in [0.25, 0.3) is 0 Å². The lowest BCUT2D eigenvalue weighted by Crippen LogP contribution is -2.29. The molecule has 0 heterocycles. The van der Waals surface area contributed by atoms with Crippen molar-refractivity contribution >= 4 is 5.91 Å². The minimum atomic E-state index is -0.163. The van der Waals surface area contributed by atoms with Crippen LogP contribution in [0.25, 0.3) is 0 Å². The summed E-state index contributed by atoms with van der Waals surface area (Å²) >= 11 is 0. The highest BCUT2D eigenvalue weighted by atomic mass is 16.5. The number of hydrogen-bond acceptors (Lipinski definition) is 3. The molecule has 0 saturated heterocycles. The summed E-state index contributed by atoms with van der Waals surface area (Å²) in [5, 5.41) is 3.03. The molecule has 146 valence electrons. The van der Waals surface area contributed by atoms with E-state index in [1.165, 1.54) is 5.56 Å². The van der Waals surface area contributed by atoms with Gasteiger partial charge in [-0.3, -0.25) is 4.79 Å². The topological polar surface area (TPSA) is 47.6 Å². The molecule has 0 aromatic heterocycles. The Hall–Kier alpha value is -2.49. The summed E-state index contributed by atoms with van der Waals surface area (Å²) in [6, 6.07) is 14.2. The third-order valence-electron chi connectivity index (χ3n) is 4.68. The van der Waals surface area contributed by atoms with Gasteiger partial charge in [-0.05, 0) is 54.5 Å². The van der Waals surface area contributed by atoms with Gasteiger partial charge in [0.15, 0.2) is 11.5 Å². The van der Waals surface area contributed by atoms with E-state index in [9.17, 15) is 4.79 Å². The Labute approximate surface area is 162 Å². The average Bonchev–Trinajstić information content (AvgIpc) is 2.67. The number of benzene rings is 2. The average molecular weight is 370 g/mol. The lowest BCUT2D eigenvalue weighted by Gasteiger charge is -2.14. The van der Waals surface area contributed by atoms with Crippen molar-refractivity contribution in [2.24, 2.45) is 5.92 Å². The Kier molecular flexibility index (Phi) is 7.71. The van der Waals surface area contributed by atoms with E-state index in [-0.39, 0.29) is 11.8 Å². The zero-order valence-corrected chi connectivity index (χ0v) is 17.0. The minimum absolute atomic E-state index is 0.0482. The molecule has 2 aromatic rings. The highest BCUT2D eigenvalue weighted by molar-refractivity contribution is 5.83. The zero-order valence-electron chi connectivity index (χ0n) is 17.0. The van der Waals surface area contributed by atoms with E-state index in [1.807, 2.05) is 25.1 Å². The summed E-state index contributed by atoms with van der Waals surface area (Å²) in [6.07, 6.45) is 1.80. The van der Waals surface area contributed by atoms with Crippen molar-refractivity contribution in [3.8, 4) is 11.5 Å². The molecule has 0 aliphatic heterocycles. The Morgan fingerprint density at radius 2 is 1.56 bits per heavy atom. The summed E-state index contributed by atoms with van der Waals surface area (Å²) in [5.74, 6) is 1.93. The van der Waals surface area contributed by atoms with Gasteiger partial charge in [0.05, 0.1) is 20.1 Å². The summed E-state index contributed by atoms with van der Waals surface area (Å²) < 4.78 is 10.6. The third kappa shape index (κ3) is 6.02. The molecule has 0 aliphatic carbocycles. The van der Waals surface area contributed by atoms with Gasteiger partial charge >= 0.3 is 0 Å². The maximum atomic E-state index is 12.5. The largest absolute Gasteiger partial charge is 0.493 e. The molecule has 0 fully saturated rings. The van der Waals surface area contributed by atoms with Crippen LogP contribution < -0.4 is 14.8 Å². The van der Waals surface area contributed by atoms with E-state index in [1.54, 1.807) is 14.2 Å². The minimum Gasteiger partial charge on any atom is -0.493 e. The van der Waals surface area contributed by atoms with Crippen LogP contribution in [0.15, 0.2) is 42.5 Å². The lowest BCUT2D eigenvalue weighted by atomic mass is 9.96. The monoisotopic (exact) mass is 369 g/mol. The Balaban J connectivity index is 1.88. The third-order valence-corrected chi connectivity index (χ3v) is 4.68. The highest BCUT2D eigenvalue weighted by Crippen LogP contribution is 2.27. The molecule has 0 unspecified atom stereocenters. The van der Waals surface area contributed by atoms with Crippen LogP contribution in [-0.2, 0) is 17.6 Å². The van der Waals surface area contributed by atoms with Crippen LogP contribution in [0.5, 0.6) is 11.5 Å². The molecule has 2 aromatic carbocycles. The van der Waals surface area contributed by atoms with Gasteiger partial charge < -0.3 is 14.8 Å². The lowest BCUT2D eigenvalue weighted by molar-refractivity contribution is -0.122. The number of ether oxygens (including phenoxy) is 2. The predicted octanol–water partition coefficient (Wildman–Crippen LogP) is 4.36. The molecule has 1 atom stereocenters. The van der Waals surface area contributed by atoms with Crippen LogP contribution >= 0.6 is 0 Å². The van der Waals surface area contributed by atoms with Crippen molar-refractivity contribution in [1.29, 1.82) is 0 Å². The number of carbonyl (C=O) groups is 1. The second-order valence-corrected chi connectivity index (χ2v) is 7.29. The van der Waals surface area contributed by atoms with Crippen LogP contribution in [0, 0.1) is 5.92 Å². The number of carbonyl (C=O) groups excluding carboxylic acids is 1. The van der Waals surface area contributed by atoms with Gasteiger partial charge in [0.1, 0.15) is 0 Å². The fraction of sp³-hybridized carbons (Fsp3) is 0.435. The fourth-order valence-corrected chi connectivity index (χ4v) is 3.08. The first-order chi connectivity index (χ1) is 12.9. The van der Waals surface area contributed by atoms with Crippen molar-refractivity contribution in [2.75, 3.05) is 20.8 Å². The molecule has 0 radical (unpaired) electrons. The molecule has 0 spiro atoms. The molecule has 0 saturated carbocycles. The van der Waals surface area contributed by atoms with E-state index in [0.717, 1.165) is 24.0 Å². The predicted molar refractivity (Wildman–Crippen MR) is 110 cm³/mol. The van der Waals surface area contributed by atoms with E-state index in [0.29, 0.717) is 24.0 Å². The van der Waals surface area contributed by atoms with Crippen LogP contribution in [0.1, 0.15) is 43.4 Å².